The molecule has 0 saturated carbocycles. The molecule has 0 radical (unpaired) electrons. The van der Waals surface area contributed by atoms with Gasteiger partial charge in [-0.25, -0.2) is 0 Å². The van der Waals surface area contributed by atoms with E-state index in [4.69, 9.17) is 9.47 Å². The predicted octanol–water partition coefficient (Wildman–Crippen LogP) is 3.36. The molecule has 1 atom stereocenters. The Labute approximate surface area is 147 Å². The number of rotatable bonds is 5. The largest absolute Gasteiger partial charge is 0.369 e. The van der Waals surface area contributed by atoms with E-state index in [9.17, 15) is 9.90 Å². The molecular formula is C20H23NO4. The molecule has 0 aromatic heterocycles. The van der Waals surface area contributed by atoms with E-state index in [-0.39, 0.29) is 5.91 Å². The highest BCUT2D eigenvalue weighted by molar-refractivity contribution is 5.99. The van der Waals surface area contributed by atoms with Gasteiger partial charge in [-0.15, -0.1) is 0 Å². The maximum atomic E-state index is 13.0. The van der Waals surface area contributed by atoms with Gasteiger partial charge in [0.25, 0.3) is 5.91 Å². The van der Waals surface area contributed by atoms with E-state index in [1.165, 1.54) is 4.90 Å². The molecule has 132 valence electrons. The second-order valence-corrected chi connectivity index (χ2v) is 6.62. The topological polar surface area (TPSA) is 59.0 Å². The lowest BCUT2D eigenvalue weighted by Gasteiger charge is -2.38. The van der Waals surface area contributed by atoms with E-state index < -0.39 is 18.1 Å². The lowest BCUT2D eigenvalue weighted by atomic mass is 9.92. The van der Waals surface area contributed by atoms with Crippen LogP contribution in [0.3, 0.4) is 0 Å². The van der Waals surface area contributed by atoms with Crippen LogP contribution in [0.15, 0.2) is 48.5 Å². The Morgan fingerprint density at radius 3 is 2.32 bits per heavy atom. The zero-order valence-corrected chi connectivity index (χ0v) is 14.9. The highest BCUT2D eigenvalue weighted by Crippen LogP contribution is 2.42. The smallest absolute Gasteiger partial charge is 0.257 e. The molecule has 0 saturated heterocycles. The third-order valence-electron chi connectivity index (χ3n) is 4.83. The van der Waals surface area contributed by atoms with Crippen LogP contribution < -0.4 is 0 Å². The number of aliphatic hydroxyl groups is 1. The zero-order valence-electron chi connectivity index (χ0n) is 14.9. The van der Waals surface area contributed by atoms with Gasteiger partial charge in [0.15, 0.2) is 12.5 Å². The first-order valence-corrected chi connectivity index (χ1v) is 8.18. The fourth-order valence-electron chi connectivity index (χ4n) is 3.43. The van der Waals surface area contributed by atoms with E-state index in [1.54, 1.807) is 32.4 Å². The fraction of sp³-hybridized carbons (Fsp3) is 0.350. The van der Waals surface area contributed by atoms with Gasteiger partial charge < -0.3 is 14.6 Å². The van der Waals surface area contributed by atoms with Crippen LogP contribution in [0.1, 0.15) is 53.4 Å². The molecule has 2 aromatic rings. The molecule has 1 N–H and O–H groups in total. The van der Waals surface area contributed by atoms with Crippen LogP contribution in [0.4, 0.5) is 0 Å². The lowest BCUT2D eigenvalue weighted by molar-refractivity contribution is -0.106. The number of hydrogen-bond donors (Lipinski definition) is 1. The number of fused-ring (bicyclic) bond motifs is 1. The molecular weight excluding hydrogens is 318 g/mol. The van der Waals surface area contributed by atoms with Crippen molar-refractivity contribution in [1.29, 1.82) is 0 Å². The lowest BCUT2D eigenvalue weighted by Crippen LogP contribution is -2.44. The molecule has 0 spiro atoms. The molecule has 3 rings (SSSR count). The summed E-state index contributed by atoms with van der Waals surface area (Å²) in [5.74, 6) is -0.186. The van der Waals surface area contributed by atoms with Gasteiger partial charge in [-0.2, -0.15) is 0 Å². The average Bonchev–Trinajstić information content (AvgIpc) is 2.88. The summed E-state index contributed by atoms with van der Waals surface area (Å²) in [4.78, 5) is 14.5. The summed E-state index contributed by atoms with van der Waals surface area (Å²) in [6, 6.07) is 15.0. The van der Waals surface area contributed by atoms with Crippen LogP contribution >= 0.6 is 0 Å². The molecule has 0 aliphatic carbocycles. The van der Waals surface area contributed by atoms with E-state index in [1.807, 2.05) is 44.2 Å². The van der Waals surface area contributed by atoms with Gasteiger partial charge >= 0.3 is 0 Å². The summed E-state index contributed by atoms with van der Waals surface area (Å²) < 4.78 is 10.5. The number of ether oxygens (including phenoxy) is 2. The van der Waals surface area contributed by atoms with Gasteiger partial charge in [0.05, 0.1) is 5.54 Å². The predicted molar refractivity (Wildman–Crippen MR) is 93.8 cm³/mol. The summed E-state index contributed by atoms with van der Waals surface area (Å²) in [6.45, 7) is 3.87. The fourth-order valence-corrected chi connectivity index (χ4v) is 3.43. The molecule has 0 fully saturated rings. The normalized spacial score (nSPS) is 17.3. The molecule has 25 heavy (non-hydrogen) atoms. The minimum atomic E-state index is -1.02. The van der Waals surface area contributed by atoms with E-state index in [2.05, 4.69) is 0 Å². The zero-order chi connectivity index (χ0) is 18.2. The van der Waals surface area contributed by atoms with Crippen molar-refractivity contribution in [2.45, 2.75) is 31.9 Å². The minimum absolute atomic E-state index is 0.186. The summed E-state index contributed by atoms with van der Waals surface area (Å²) in [5.41, 5.74) is 2.15. The van der Waals surface area contributed by atoms with Gasteiger partial charge in [0.2, 0.25) is 0 Å². The van der Waals surface area contributed by atoms with Crippen molar-refractivity contribution in [3.8, 4) is 0 Å². The van der Waals surface area contributed by atoms with Crippen LogP contribution in [0, 0.1) is 0 Å². The van der Waals surface area contributed by atoms with Crippen molar-refractivity contribution in [2.24, 2.45) is 0 Å². The highest BCUT2D eigenvalue weighted by atomic mass is 16.7. The quantitative estimate of drug-likeness (QED) is 0.847. The highest BCUT2D eigenvalue weighted by Gasteiger charge is 2.44. The molecule has 0 bridgehead atoms. The summed E-state index contributed by atoms with van der Waals surface area (Å²) >= 11 is 0. The molecule has 1 amide bonds. The van der Waals surface area contributed by atoms with E-state index in [0.29, 0.717) is 11.1 Å². The number of aliphatic hydroxyl groups excluding tert-OH is 1. The minimum Gasteiger partial charge on any atom is -0.369 e. The van der Waals surface area contributed by atoms with Crippen LogP contribution in [-0.2, 0) is 15.0 Å². The van der Waals surface area contributed by atoms with Gasteiger partial charge in [-0.3, -0.25) is 9.69 Å². The summed E-state index contributed by atoms with van der Waals surface area (Å²) in [7, 11) is 3.10. The Morgan fingerprint density at radius 2 is 1.72 bits per heavy atom. The molecule has 1 aliphatic heterocycles. The monoisotopic (exact) mass is 341 g/mol. The first-order valence-electron chi connectivity index (χ1n) is 8.18. The van der Waals surface area contributed by atoms with Gasteiger partial charge in [-0.05, 0) is 31.5 Å². The number of hydrogen-bond acceptors (Lipinski definition) is 4. The summed E-state index contributed by atoms with van der Waals surface area (Å²) in [5, 5.41) is 10.9. The number of nitrogens with zero attached hydrogens (tertiary/aromatic N) is 1. The Balaban J connectivity index is 2.01. The van der Waals surface area contributed by atoms with Crippen molar-refractivity contribution in [1.82, 2.24) is 4.90 Å². The van der Waals surface area contributed by atoms with Crippen molar-refractivity contribution >= 4 is 5.91 Å². The van der Waals surface area contributed by atoms with E-state index in [0.717, 1.165) is 11.1 Å². The Bertz CT molecular complexity index is 769. The molecule has 2 aromatic carbocycles. The Hall–Kier alpha value is -2.21. The van der Waals surface area contributed by atoms with Crippen molar-refractivity contribution < 1.29 is 19.4 Å². The number of carbonyl (C=O) groups is 1. The van der Waals surface area contributed by atoms with Crippen LogP contribution in [0.2, 0.25) is 0 Å². The first-order chi connectivity index (χ1) is 11.9. The maximum Gasteiger partial charge on any atom is 0.257 e. The van der Waals surface area contributed by atoms with E-state index >= 15 is 0 Å². The number of benzene rings is 2. The SMILES string of the molecule is COC(OC)c1ccc2c(c1)C(O)N(C(C)(C)c1ccccc1)C2=O. The van der Waals surface area contributed by atoms with Crippen molar-refractivity contribution in [3.05, 3.63) is 70.8 Å². The first kappa shape index (κ1) is 17.6. The third-order valence-corrected chi connectivity index (χ3v) is 4.83. The van der Waals surface area contributed by atoms with Gasteiger partial charge in [-0.1, -0.05) is 36.4 Å². The Kier molecular flexibility index (Phi) is 4.64. The molecule has 1 unspecified atom stereocenters. The molecule has 1 aliphatic rings. The second kappa shape index (κ2) is 6.59. The van der Waals surface area contributed by atoms with Crippen LogP contribution in [0.5, 0.6) is 0 Å². The van der Waals surface area contributed by atoms with Gasteiger partial charge in [0, 0.05) is 30.9 Å². The summed E-state index contributed by atoms with van der Waals surface area (Å²) in [6.07, 6.45) is -1.56. The van der Waals surface area contributed by atoms with Crippen molar-refractivity contribution in [2.75, 3.05) is 14.2 Å². The number of amides is 1. The third kappa shape index (κ3) is 2.84. The van der Waals surface area contributed by atoms with Gasteiger partial charge in [0.1, 0.15) is 0 Å². The number of carbonyl (C=O) groups excluding carboxylic acids is 1. The standard InChI is InChI=1S/C20H23NO4/c1-20(2,14-8-6-5-7-9-14)21-17(22)15-11-10-13(19(24-3)25-4)12-16(15)18(21)23/h5-12,18-19,23H,1-4H3. The second-order valence-electron chi connectivity index (χ2n) is 6.62. The Morgan fingerprint density at radius 1 is 1.08 bits per heavy atom. The van der Waals surface area contributed by atoms with Crippen LogP contribution in [-0.4, -0.2) is 30.1 Å². The molecule has 1 heterocycles. The average molecular weight is 341 g/mol. The van der Waals surface area contributed by atoms with Crippen LogP contribution in [0.25, 0.3) is 0 Å². The number of methoxy groups -OCH3 is 2. The molecule has 5 nitrogen and oxygen atoms in total. The maximum absolute atomic E-state index is 13.0. The molecule has 5 heteroatoms. The van der Waals surface area contributed by atoms with Crippen molar-refractivity contribution in [3.63, 3.8) is 0 Å².